The summed E-state index contributed by atoms with van der Waals surface area (Å²) in [6.07, 6.45) is 0. The smallest absolute Gasteiger partial charge is 0.164 e. The van der Waals surface area contributed by atoms with Crippen molar-refractivity contribution in [2.45, 2.75) is 0 Å². The van der Waals surface area contributed by atoms with Gasteiger partial charge in [-0.2, -0.15) is 0 Å². The molecule has 0 aliphatic rings. The van der Waals surface area contributed by atoms with E-state index < -0.39 is 0 Å². The lowest BCUT2D eigenvalue weighted by Gasteiger charge is -2.12. The number of benzene rings is 9. The van der Waals surface area contributed by atoms with Crippen LogP contribution >= 0.6 is 0 Å². The Kier molecular flexibility index (Phi) is 7.16. The van der Waals surface area contributed by atoms with E-state index >= 15 is 0 Å². The molecular weight excluding hydrogens is 709 g/mol. The number of hydrogen-bond acceptors (Lipinski definition) is 4. The molecule has 0 aliphatic carbocycles. The summed E-state index contributed by atoms with van der Waals surface area (Å²) in [5, 5.41) is 9.20. The molecule has 0 atom stereocenters. The number of furan rings is 1. The van der Waals surface area contributed by atoms with Crippen molar-refractivity contribution in [3.63, 3.8) is 0 Å². The van der Waals surface area contributed by atoms with Crippen LogP contribution in [0.25, 0.3) is 116 Å². The zero-order valence-electron chi connectivity index (χ0n) is 31.2. The Morgan fingerprint density at radius 1 is 0.345 bits per heavy atom. The summed E-state index contributed by atoms with van der Waals surface area (Å²) in [4.78, 5) is 15.3. The van der Waals surface area contributed by atoms with E-state index in [1.54, 1.807) is 0 Å². The Labute approximate surface area is 333 Å². The summed E-state index contributed by atoms with van der Waals surface area (Å²) >= 11 is 0. The first-order valence-corrected chi connectivity index (χ1v) is 19.5. The standard InChI is InChI=1S/C53H32N4O/c1-3-15-34(16-4-1)44-32-46-49(40-21-10-9-20-39(40)44)41-22-11-12-24-45(41)57(46)38-28-29-42-48(31-38)58-47-25-13-23-43(50(42)47)53-55-51(35-17-5-2-6-18-35)54-52(56-53)37-27-26-33-14-7-8-19-36(33)30-37/h1-32H. The predicted octanol–water partition coefficient (Wildman–Crippen LogP) is 13.8. The first kappa shape index (κ1) is 32.4. The largest absolute Gasteiger partial charge is 0.456 e. The van der Waals surface area contributed by atoms with Gasteiger partial charge in [0.1, 0.15) is 11.2 Å². The minimum absolute atomic E-state index is 0.595. The molecule has 0 unspecified atom stereocenters. The lowest BCUT2D eigenvalue weighted by atomic mass is 9.95. The van der Waals surface area contributed by atoms with Crippen molar-refractivity contribution in [2.75, 3.05) is 0 Å². The molecule has 0 saturated heterocycles. The van der Waals surface area contributed by atoms with Crippen LogP contribution in [0.5, 0.6) is 0 Å². The van der Waals surface area contributed by atoms with Crippen molar-refractivity contribution in [3.8, 4) is 51.0 Å². The number of aromatic nitrogens is 4. The molecule has 270 valence electrons. The van der Waals surface area contributed by atoms with Crippen LogP contribution in [0.15, 0.2) is 199 Å². The van der Waals surface area contributed by atoms with Gasteiger partial charge in [-0.15, -0.1) is 0 Å². The molecule has 58 heavy (non-hydrogen) atoms. The number of rotatable bonds is 5. The minimum atomic E-state index is 0.595. The third-order valence-electron chi connectivity index (χ3n) is 11.4. The van der Waals surface area contributed by atoms with Crippen LogP contribution in [0.4, 0.5) is 0 Å². The van der Waals surface area contributed by atoms with Crippen molar-refractivity contribution < 1.29 is 4.42 Å². The molecule has 0 saturated carbocycles. The average Bonchev–Trinajstić information content (AvgIpc) is 3.84. The number of nitrogens with zero attached hydrogens (tertiary/aromatic N) is 4. The first-order chi connectivity index (χ1) is 28.7. The second-order valence-corrected chi connectivity index (χ2v) is 14.8. The molecule has 12 rings (SSSR count). The van der Waals surface area contributed by atoms with Crippen molar-refractivity contribution >= 4 is 65.3 Å². The number of para-hydroxylation sites is 1. The predicted molar refractivity (Wildman–Crippen MR) is 238 cm³/mol. The SMILES string of the molecule is c1ccc(-c2nc(-c3ccc4ccccc4c3)nc(-c3cccc4oc5cc(-n6c7ccccc7c7c8ccccc8c(-c8ccccc8)cc76)ccc5c34)n2)cc1. The maximum atomic E-state index is 6.73. The molecule has 3 heterocycles. The molecule has 0 spiro atoms. The third kappa shape index (κ3) is 5.07. The van der Waals surface area contributed by atoms with Crippen LogP contribution in [0.2, 0.25) is 0 Å². The van der Waals surface area contributed by atoms with Crippen LogP contribution in [0.1, 0.15) is 0 Å². The van der Waals surface area contributed by atoms with Gasteiger partial charge in [-0.05, 0) is 69.1 Å². The Bertz CT molecular complexity index is 3570. The molecule has 0 fully saturated rings. The Morgan fingerprint density at radius 3 is 1.84 bits per heavy atom. The summed E-state index contributed by atoms with van der Waals surface area (Å²) < 4.78 is 9.11. The van der Waals surface area contributed by atoms with Gasteiger partial charge >= 0.3 is 0 Å². The van der Waals surface area contributed by atoms with Crippen molar-refractivity contribution in [2.24, 2.45) is 0 Å². The molecule has 0 aliphatic heterocycles. The average molecular weight is 741 g/mol. The fourth-order valence-electron chi connectivity index (χ4n) is 8.77. The molecular formula is C53H32N4O. The summed E-state index contributed by atoms with van der Waals surface area (Å²) in [7, 11) is 0. The fraction of sp³-hybridized carbons (Fsp3) is 0. The molecule has 0 radical (unpaired) electrons. The van der Waals surface area contributed by atoms with Crippen LogP contribution in [-0.4, -0.2) is 19.5 Å². The molecule has 5 heteroatoms. The second-order valence-electron chi connectivity index (χ2n) is 14.8. The van der Waals surface area contributed by atoms with Gasteiger partial charge in [0, 0.05) is 50.0 Å². The highest BCUT2D eigenvalue weighted by Crippen LogP contribution is 2.43. The van der Waals surface area contributed by atoms with E-state index in [2.05, 4.69) is 156 Å². The van der Waals surface area contributed by atoms with Crippen LogP contribution in [0, 0.1) is 0 Å². The summed E-state index contributed by atoms with van der Waals surface area (Å²) in [5.74, 6) is 1.84. The fourth-order valence-corrected chi connectivity index (χ4v) is 8.77. The van der Waals surface area contributed by atoms with Gasteiger partial charge in [0.2, 0.25) is 0 Å². The molecule has 0 bridgehead atoms. The molecule has 0 N–H and O–H groups in total. The number of fused-ring (bicyclic) bond motifs is 9. The summed E-state index contributed by atoms with van der Waals surface area (Å²) in [6.45, 7) is 0. The zero-order chi connectivity index (χ0) is 38.2. The van der Waals surface area contributed by atoms with Gasteiger partial charge < -0.3 is 8.98 Å². The van der Waals surface area contributed by atoms with E-state index in [0.29, 0.717) is 17.5 Å². The quantitative estimate of drug-likeness (QED) is 0.176. The van der Waals surface area contributed by atoms with Crippen LogP contribution in [-0.2, 0) is 0 Å². The molecule has 3 aromatic heterocycles. The maximum absolute atomic E-state index is 6.73. The molecule has 12 aromatic rings. The molecule has 0 amide bonds. The summed E-state index contributed by atoms with van der Waals surface area (Å²) in [6, 6.07) is 68.0. The lowest BCUT2D eigenvalue weighted by molar-refractivity contribution is 0.668. The summed E-state index contributed by atoms with van der Waals surface area (Å²) in [5.41, 5.74) is 10.0. The number of hydrogen-bond donors (Lipinski definition) is 0. The van der Waals surface area contributed by atoms with Gasteiger partial charge in [-0.3, -0.25) is 0 Å². The van der Waals surface area contributed by atoms with E-state index in [9.17, 15) is 0 Å². The highest BCUT2D eigenvalue weighted by molar-refractivity contribution is 6.24. The van der Waals surface area contributed by atoms with E-state index in [4.69, 9.17) is 19.4 Å². The van der Waals surface area contributed by atoms with Gasteiger partial charge in [-0.25, -0.2) is 15.0 Å². The van der Waals surface area contributed by atoms with Gasteiger partial charge in [0.25, 0.3) is 0 Å². The van der Waals surface area contributed by atoms with E-state index in [1.165, 1.54) is 38.1 Å². The minimum Gasteiger partial charge on any atom is -0.456 e. The zero-order valence-corrected chi connectivity index (χ0v) is 31.2. The Morgan fingerprint density at radius 2 is 1.02 bits per heavy atom. The van der Waals surface area contributed by atoms with Gasteiger partial charge in [0.15, 0.2) is 17.5 Å². The van der Waals surface area contributed by atoms with E-state index in [0.717, 1.165) is 60.7 Å². The second kappa shape index (κ2) is 12.8. The molecule has 9 aromatic carbocycles. The lowest BCUT2D eigenvalue weighted by Crippen LogP contribution is -2.00. The van der Waals surface area contributed by atoms with Crippen LogP contribution in [0.3, 0.4) is 0 Å². The van der Waals surface area contributed by atoms with Gasteiger partial charge in [-0.1, -0.05) is 152 Å². The molecule has 5 nitrogen and oxygen atoms in total. The Hall–Kier alpha value is -7.89. The van der Waals surface area contributed by atoms with Gasteiger partial charge in [0.05, 0.1) is 11.0 Å². The highest BCUT2D eigenvalue weighted by atomic mass is 16.3. The van der Waals surface area contributed by atoms with E-state index in [-0.39, 0.29) is 0 Å². The van der Waals surface area contributed by atoms with Crippen LogP contribution < -0.4 is 0 Å². The Balaban J connectivity index is 1.07. The first-order valence-electron chi connectivity index (χ1n) is 19.5. The highest BCUT2D eigenvalue weighted by Gasteiger charge is 2.21. The third-order valence-corrected chi connectivity index (χ3v) is 11.4. The van der Waals surface area contributed by atoms with Crippen molar-refractivity contribution in [3.05, 3.63) is 194 Å². The normalized spacial score (nSPS) is 11.8. The monoisotopic (exact) mass is 740 g/mol. The van der Waals surface area contributed by atoms with E-state index in [1.807, 2.05) is 42.5 Å². The topological polar surface area (TPSA) is 56.7 Å². The van der Waals surface area contributed by atoms with Crippen molar-refractivity contribution in [1.82, 2.24) is 19.5 Å². The maximum Gasteiger partial charge on any atom is 0.164 e. The van der Waals surface area contributed by atoms with Crippen molar-refractivity contribution in [1.29, 1.82) is 0 Å².